The van der Waals surface area contributed by atoms with Crippen LogP contribution in [0.25, 0.3) is 0 Å². The lowest BCUT2D eigenvalue weighted by Gasteiger charge is -2.18. The molecule has 0 saturated carbocycles. The summed E-state index contributed by atoms with van der Waals surface area (Å²) in [6.07, 6.45) is 1.00. The Labute approximate surface area is 113 Å². The summed E-state index contributed by atoms with van der Waals surface area (Å²) in [5.41, 5.74) is 7.55. The summed E-state index contributed by atoms with van der Waals surface area (Å²) in [5, 5.41) is 0. The minimum absolute atomic E-state index is 0.338. The van der Waals surface area contributed by atoms with Crippen LogP contribution in [0.1, 0.15) is 52.0 Å². The van der Waals surface area contributed by atoms with E-state index in [1.54, 1.807) is 0 Å². The molecule has 0 spiro atoms. The fourth-order valence-electron chi connectivity index (χ4n) is 2.23. The summed E-state index contributed by atoms with van der Waals surface area (Å²) in [4.78, 5) is 12.4. The van der Waals surface area contributed by atoms with Crippen LogP contribution in [0, 0.1) is 40.5 Å². The Hall–Kier alpha value is -0.680. The van der Waals surface area contributed by atoms with Crippen LogP contribution in [-0.2, 0) is 0 Å². The molecule has 0 saturated heterocycles. The number of carbonyl (C=O) groups excluding carboxylic acids is 1. The number of rotatable bonds is 4. The molecule has 100 valence electrons. The predicted molar refractivity (Wildman–Crippen MR) is 82.5 cm³/mol. The standard InChI is InChI=1S/C16H25OP/c1-9(2)8-18-16(17)15-13(6)11(4)10(3)12(5)14(15)7/h9,18H,8H2,1-7H3. The molecule has 2 heteroatoms. The zero-order valence-corrected chi connectivity index (χ0v) is 13.7. The Morgan fingerprint density at radius 2 is 1.28 bits per heavy atom. The third-order valence-corrected chi connectivity index (χ3v) is 5.49. The summed E-state index contributed by atoms with van der Waals surface area (Å²) in [5.74, 6) is 0.598. The van der Waals surface area contributed by atoms with Gasteiger partial charge >= 0.3 is 0 Å². The highest BCUT2D eigenvalue weighted by Gasteiger charge is 2.17. The first-order chi connectivity index (χ1) is 8.27. The monoisotopic (exact) mass is 264 g/mol. The highest BCUT2D eigenvalue weighted by atomic mass is 31.1. The first kappa shape index (κ1) is 15.4. The molecule has 0 aliphatic rings. The van der Waals surface area contributed by atoms with E-state index in [2.05, 4.69) is 48.5 Å². The summed E-state index contributed by atoms with van der Waals surface area (Å²) >= 11 is 0. The van der Waals surface area contributed by atoms with E-state index in [1.807, 2.05) is 0 Å². The van der Waals surface area contributed by atoms with Gasteiger partial charge in [-0.2, -0.15) is 0 Å². The number of benzene rings is 1. The van der Waals surface area contributed by atoms with Gasteiger partial charge in [0.2, 0.25) is 0 Å². The van der Waals surface area contributed by atoms with Gasteiger partial charge in [0, 0.05) is 5.56 Å². The van der Waals surface area contributed by atoms with Crippen molar-refractivity contribution in [1.82, 2.24) is 0 Å². The van der Waals surface area contributed by atoms with Crippen molar-refractivity contribution in [3.8, 4) is 0 Å². The summed E-state index contributed by atoms with van der Waals surface area (Å²) in [7, 11) is 0.407. The van der Waals surface area contributed by atoms with E-state index in [1.165, 1.54) is 27.8 Å². The Kier molecular flexibility index (Phi) is 5.10. The Bertz CT molecular complexity index is 443. The maximum absolute atomic E-state index is 12.4. The fourth-order valence-corrected chi connectivity index (χ4v) is 3.37. The average Bonchev–Trinajstić information content (AvgIpc) is 2.31. The molecule has 0 amide bonds. The van der Waals surface area contributed by atoms with Crippen LogP contribution < -0.4 is 0 Å². The van der Waals surface area contributed by atoms with Crippen molar-refractivity contribution in [3.05, 3.63) is 33.4 Å². The molecular formula is C16H25OP. The molecule has 0 aliphatic heterocycles. The summed E-state index contributed by atoms with van der Waals surface area (Å²) in [6.45, 7) is 14.9. The van der Waals surface area contributed by atoms with E-state index < -0.39 is 0 Å². The Morgan fingerprint density at radius 3 is 1.67 bits per heavy atom. The Balaban J connectivity index is 3.21. The third-order valence-electron chi connectivity index (χ3n) is 3.90. The number of hydrogen-bond acceptors (Lipinski definition) is 1. The van der Waals surface area contributed by atoms with Crippen molar-refractivity contribution >= 4 is 14.1 Å². The maximum Gasteiger partial charge on any atom is 0.181 e. The van der Waals surface area contributed by atoms with Crippen LogP contribution >= 0.6 is 8.58 Å². The molecule has 18 heavy (non-hydrogen) atoms. The molecular weight excluding hydrogens is 239 g/mol. The smallest absolute Gasteiger partial charge is 0.181 e. The highest BCUT2D eigenvalue weighted by molar-refractivity contribution is 7.58. The molecule has 0 aromatic heterocycles. The van der Waals surface area contributed by atoms with E-state index in [-0.39, 0.29) is 0 Å². The fraction of sp³-hybridized carbons (Fsp3) is 0.562. The van der Waals surface area contributed by atoms with Gasteiger partial charge in [0.05, 0.1) is 0 Å². The van der Waals surface area contributed by atoms with Gasteiger partial charge in [-0.1, -0.05) is 13.8 Å². The second-order valence-corrected chi connectivity index (χ2v) is 6.82. The summed E-state index contributed by atoms with van der Waals surface area (Å²) in [6, 6.07) is 0. The van der Waals surface area contributed by atoms with Crippen LogP contribution in [0.4, 0.5) is 0 Å². The van der Waals surface area contributed by atoms with Crippen molar-refractivity contribution in [2.45, 2.75) is 48.5 Å². The highest BCUT2D eigenvalue weighted by Crippen LogP contribution is 2.31. The SMILES string of the molecule is Cc1c(C)c(C)c(C(=O)PCC(C)C)c(C)c1C. The van der Waals surface area contributed by atoms with Crippen molar-refractivity contribution < 1.29 is 4.79 Å². The molecule has 0 heterocycles. The molecule has 0 bridgehead atoms. The van der Waals surface area contributed by atoms with Crippen molar-refractivity contribution in [2.75, 3.05) is 6.16 Å². The molecule has 1 rings (SSSR count). The lowest BCUT2D eigenvalue weighted by molar-refractivity contribution is 0.108. The lowest BCUT2D eigenvalue weighted by Crippen LogP contribution is -2.07. The molecule has 1 unspecified atom stereocenters. The average molecular weight is 264 g/mol. The van der Waals surface area contributed by atoms with Crippen LogP contribution in [-0.4, -0.2) is 11.7 Å². The minimum atomic E-state index is 0.338. The molecule has 1 aromatic carbocycles. The second kappa shape index (κ2) is 5.97. The molecule has 1 nitrogen and oxygen atoms in total. The van der Waals surface area contributed by atoms with Gasteiger partial charge in [-0.05, 0) is 83.1 Å². The third kappa shape index (κ3) is 3.01. The zero-order chi connectivity index (χ0) is 14.0. The zero-order valence-electron chi connectivity index (χ0n) is 12.7. The van der Waals surface area contributed by atoms with Crippen LogP contribution in [0.5, 0.6) is 0 Å². The van der Waals surface area contributed by atoms with E-state index in [9.17, 15) is 4.79 Å². The van der Waals surface area contributed by atoms with Crippen LogP contribution in [0.15, 0.2) is 0 Å². The van der Waals surface area contributed by atoms with Crippen LogP contribution in [0.3, 0.4) is 0 Å². The van der Waals surface area contributed by atoms with Gasteiger partial charge in [-0.15, -0.1) is 0 Å². The minimum Gasteiger partial charge on any atom is -0.289 e. The molecule has 0 radical (unpaired) electrons. The predicted octanol–water partition coefficient (Wildman–Crippen LogP) is 4.70. The van der Waals surface area contributed by atoms with Crippen molar-refractivity contribution in [3.63, 3.8) is 0 Å². The molecule has 1 atom stereocenters. The summed E-state index contributed by atoms with van der Waals surface area (Å²) < 4.78 is 0. The number of carbonyl (C=O) groups is 1. The normalized spacial score (nSPS) is 11.8. The van der Waals surface area contributed by atoms with Crippen molar-refractivity contribution in [2.24, 2.45) is 5.92 Å². The quantitative estimate of drug-likeness (QED) is 0.720. The van der Waals surface area contributed by atoms with Gasteiger partial charge in [0.15, 0.2) is 5.52 Å². The van der Waals surface area contributed by atoms with Gasteiger partial charge in [-0.3, -0.25) is 4.79 Å². The molecule has 0 fully saturated rings. The maximum atomic E-state index is 12.4. The number of hydrogen-bond donors (Lipinski definition) is 0. The second-order valence-electron chi connectivity index (χ2n) is 5.60. The van der Waals surface area contributed by atoms with Gasteiger partial charge in [-0.25, -0.2) is 0 Å². The molecule has 0 N–H and O–H groups in total. The topological polar surface area (TPSA) is 17.1 Å². The van der Waals surface area contributed by atoms with E-state index >= 15 is 0 Å². The molecule has 0 aliphatic carbocycles. The van der Waals surface area contributed by atoms with Gasteiger partial charge in [0.25, 0.3) is 0 Å². The van der Waals surface area contributed by atoms with Crippen LogP contribution in [0.2, 0.25) is 0 Å². The first-order valence-electron chi connectivity index (χ1n) is 6.62. The van der Waals surface area contributed by atoms with E-state index in [0.717, 1.165) is 11.7 Å². The first-order valence-corrected chi connectivity index (χ1v) is 7.83. The molecule has 1 aromatic rings. The largest absolute Gasteiger partial charge is 0.289 e. The lowest BCUT2D eigenvalue weighted by atomic mass is 9.90. The van der Waals surface area contributed by atoms with E-state index in [4.69, 9.17) is 0 Å². The van der Waals surface area contributed by atoms with Gasteiger partial charge < -0.3 is 0 Å². The van der Waals surface area contributed by atoms with Crippen molar-refractivity contribution in [1.29, 1.82) is 0 Å². The van der Waals surface area contributed by atoms with E-state index in [0.29, 0.717) is 20.0 Å². The van der Waals surface area contributed by atoms with Gasteiger partial charge in [0.1, 0.15) is 0 Å². The Morgan fingerprint density at radius 1 is 0.889 bits per heavy atom.